The Morgan fingerprint density at radius 3 is 3.00 bits per heavy atom. The van der Waals surface area contributed by atoms with Crippen molar-refractivity contribution >= 4 is 62.8 Å². The maximum Gasteiger partial charge on any atom is 0.261 e. The van der Waals surface area contributed by atoms with Gasteiger partial charge in [-0.3, -0.25) is 9.59 Å². The van der Waals surface area contributed by atoms with E-state index in [4.69, 9.17) is 0 Å². The number of nitrogens with one attached hydrogen (secondary N) is 2. The Morgan fingerprint density at radius 2 is 2.15 bits per heavy atom. The van der Waals surface area contributed by atoms with Crippen molar-refractivity contribution in [3.63, 3.8) is 0 Å². The van der Waals surface area contributed by atoms with Crippen LogP contribution in [0.25, 0.3) is 10.9 Å². The number of benzene rings is 1. The number of hydrogen-bond acceptors (Lipinski definition) is 5. The van der Waals surface area contributed by atoms with Crippen LogP contribution in [-0.2, 0) is 9.59 Å². The van der Waals surface area contributed by atoms with E-state index in [1.54, 1.807) is 11.8 Å². The summed E-state index contributed by atoms with van der Waals surface area (Å²) in [5.74, 6) is 0.665. The number of hydrogen-bond donors (Lipinski definition) is 2. The SMILES string of the molecule is CC1=C(C)C2C(=O)N=C(CSCC(=O)Nc3ccc4[nH]ccc4c3)N=C2S1. The molecule has 0 aliphatic carbocycles. The molecule has 0 spiro atoms. The number of fused-ring (bicyclic) bond motifs is 2. The molecule has 0 radical (unpaired) electrons. The Balaban J connectivity index is 1.31. The minimum absolute atomic E-state index is 0.0910. The van der Waals surface area contributed by atoms with Crippen molar-refractivity contribution in [2.24, 2.45) is 15.9 Å². The summed E-state index contributed by atoms with van der Waals surface area (Å²) in [7, 11) is 0. The second kappa shape index (κ2) is 7.36. The van der Waals surface area contributed by atoms with Crippen LogP contribution < -0.4 is 5.32 Å². The van der Waals surface area contributed by atoms with E-state index in [2.05, 4.69) is 20.3 Å². The highest BCUT2D eigenvalue weighted by Gasteiger charge is 2.36. The predicted octanol–water partition coefficient (Wildman–Crippen LogP) is 3.83. The lowest BCUT2D eigenvalue weighted by molar-refractivity contribution is -0.118. The number of aromatic nitrogens is 1. The third-order valence-electron chi connectivity index (χ3n) is 4.52. The molecule has 0 fully saturated rings. The lowest BCUT2D eigenvalue weighted by Gasteiger charge is -2.14. The molecule has 2 aliphatic heterocycles. The Kier molecular flexibility index (Phi) is 4.92. The molecule has 2 aliphatic rings. The van der Waals surface area contributed by atoms with Gasteiger partial charge in [-0.25, -0.2) is 4.99 Å². The topological polar surface area (TPSA) is 86.7 Å². The third kappa shape index (κ3) is 3.72. The van der Waals surface area contributed by atoms with Crippen LogP contribution in [0.3, 0.4) is 0 Å². The summed E-state index contributed by atoms with van der Waals surface area (Å²) in [4.78, 5) is 37.3. The summed E-state index contributed by atoms with van der Waals surface area (Å²) in [6, 6.07) is 7.69. The molecule has 138 valence electrons. The van der Waals surface area contributed by atoms with Crippen molar-refractivity contribution in [3.05, 3.63) is 40.9 Å². The zero-order valence-corrected chi connectivity index (χ0v) is 16.5. The minimum atomic E-state index is -0.296. The lowest BCUT2D eigenvalue weighted by Crippen LogP contribution is -2.26. The Hall–Kier alpha value is -2.32. The van der Waals surface area contributed by atoms with E-state index >= 15 is 0 Å². The van der Waals surface area contributed by atoms with Gasteiger partial charge in [-0.15, -0.1) is 11.8 Å². The molecule has 6 nitrogen and oxygen atoms in total. The number of aliphatic imine (C=N–C) groups is 2. The van der Waals surface area contributed by atoms with Crippen molar-refractivity contribution in [2.75, 3.05) is 16.8 Å². The number of nitrogens with zero attached hydrogens (tertiary/aromatic N) is 2. The summed E-state index contributed by atoms with van der Waals surface area (Å²) in [6.07, 6.45) is 1.87. The number of carbonyl (C=O) groups is 2. The van der Waals surface area contributed by atoms with Crippen molar-refractivity contribution in [2.45, 2.75) is 13.8 Å². The van der Waals surface area contributed by atoms with E-state index in [0.29, 0.717) is 11.6 Å². The number of rotatable bonds is 5. The highest BCUT2D eigenvalue weighted by molar-refractivity contribution is 8.17. The van der Waals surface area contributed by atoms with E-state index in [1.807, 2.05) is 44.3 Å². The number of H-pyrrole nitrogens is 1. The minimum Gasteiger partial charge on any atom is -0.361 e. The van der Waals surface area contributed by atoms with Crippen LogP contribution in [0.2, 0.25) is 0 Å². The molecular weight excluding hydrogens is 380 g/mol. The van der Waals surface area contributed by atoms with E-state index in [1.165, 1.54) is 11.8 Å². The van der Waals surface area contributed by atoms with Crippen LogP contribution >= 0.6 is 23.5 Å². The second-order valence-electron chi connectivity index (χ2n) is 6.41. The molecule has 0 saturated heterocycles. The predicted molar refractivity (Wildman–Crippen MR) is 114 cm³/mol. The van der Waals surface area contributed by atoms with Crippen LogP contribution in [0.15, 0.2) is 50.9 Å². The van der Waals surface area contributed by atoms with Gasteiger partial charge in [-0.05, 0) is 48.6 Å². The molecule has 3 heterocycles. The Bertz CT molecular complexity index is 1040. The van der Waals surface area contributed by atoms with Crippen LogP contribution in [0.1, 0.15) is 13.8 Å². The molecule has 0 saturated carbocycles. The molecule has 27 heavy (non-hydrogen) atoms. The molecule has 8 heteroatoms. The number of amidine groups is 1. The normalized spacial score (nSPS) is 19.2. The molecule has 0 bridgehead atoms. The first-order chi connectivity index (χ1) is 13.0. The van der Waals surface area contributed by atoms with Crippen LogP contribution in [0.4, 0.5) is 5.69 Å². The average Bonchev–Trinajstić information content (AvgIpc) is 3.19. The first-order valence-corrected chi connectivity index (χ1v) is 10.5. The van der Waals surface area contributed by atoms with Crippen molar-refractivity contribution < 1.29 is 9.59 Å². The largest absolute Gasteiger partial charge is 0.361 e. The number of anilines is 1. The molecule has 2 N–H and O–H groups in total. The van der Waals surface area contributed by atoms with Gasteiger partial charge < -0.3 is 10.3 Å². The molecule has 1 atom stereocenters. The summed E-state index contributed by atoms with van der Waals surface area (Å²) in [5.41, 5.74) is 2.84. The highest BCUT2D eigenvalue weighted by atomic mass is 32.2. The van der Waals surface area contributed by atoms with Gasteiger partial charge in [-0.2, -0.15) is 4.99 Å². The number of aromatic amines is 1. The van der Waals surface area contributed by atoms with Gasteiger partial charge in [0, 0.05) is 22.8 Å². The molecule has 1 aromatic heterocycles. The second-order valence-corrected chi connectivity index (χ2v) is 8.63. The molecule has 1 aromatic carbocycles. The highest BCUT2D eigenvalue weighted by Crippen LogP contribution is 2.40. The van der Waals surface area contributed by atoms with Crippen LogP contribution in [0, 0.1) is 5.92 Å². The van der Waals surface area contributed by atoms with Crippen molar-refractivity contribution in [1.82, 2.24) is 4.98 Å². The summed E-state index contributed by atoms with van der Waals surface area (Å²) < 4.78 is 0. The molecule has 2 aromatic rings. The number of amides is 2. The van der Waals surface area contributed by atoms with Gasteiger partial charge in [0.15, 0.2) is 0 Å². The fourth-order valence-corrected chi connectivity index (χ4v) is 4.84. The van der Waals surface area contributed by atoms with Crippen LogP contribution in [-0.4, -0.2) is 39.2 Å². The van der Waals surface area contributed by atoms with Gasteiger partial charge >= 0.3 is 0 Å². The van der Waals surface area contributed by atoms with E-state index < -0.39 is 0 Å². The van der Waals surface area contributed by atoms with Crippen molar-refractivity contribution in [1.29, 1.82) is 0 Å². The Morgan fingerprint density at radius 1 is 1.30 bits per heavy atom. The molecule has 4 rings (SSSR count). The number of carbonyl (C=O) groups excluding carboxylic acids is 2. The van der Waals surface area contributed by atoms with Gasteiger partial charge in [0.2, 0.25) is 5.91 Å². The summed E-state index contributed by atoms with van der Waals surface area (Å²) in [6.45, 7) is 3.95. The van der Waals surface area contributed by atoms with E-state index in [-0.39, 0.29) is 23.5 Å². The maximum absolute atomic E-state index is 12.3. The standard InChI is InChI=1S/C19H18N4O2S2/c1-10-11(2)27-19-17(10)18(25)22-15(23-19)8-26-9-16(24)21-13-3-4-14-12(7-13)5-6-20-14/h3-7,17,20H,8-9H2,1-2H3,(H,21,24). The zero-order valence-electron chi connectivity index (χ0n) is 14.9. The lowest BCUT2D eigenvalue weighted by atomic mass is 10.0. The number of allylic oxidation sites excluding steroid dienone is 1. The third-order valence-corrected chi connectivity index (χ3v) is 6.61. The van der Waals surface area contributed by atoms with Crippen LogP contribution in [0.5, 0.6) is 0 Å². The summed E-state index contributed by atoms with van der Waals surface area (Å²) in [5, 5.41) is 4.75. The Labute approximate surface area is 165 Å². The molecular formula is C19H18N4O2S2. The zero-order chi connectivity index (χ0) is 19.0. The first-order valence-electron chi connectivity index (χ1n) is 8.51. The molecule has 2 amide bonds. The quantitative estimate of drug-likeness (QED) is 0.801. The first kappa shape index (κ1) is 18.1. The van der Waals surface area contributed by atoms with E-state index in [0.717, 1.165) is 32.1 Å². The molecule has 1 unspecified atom stereocenters. The number of thioether (sulfide) groups is 2. The van der Waals surface area contributed by atoms with Crippen molar-refractivity contribution in [3.8, 4) is 0 Å². The fourth-order valence-electron chi connectivity index (χ4n) is 3.03. The van der Waals surface area contributed by atoms with Gasteiger partial charge in [0.25, 0.3) is 5.91 Å². The summed E-state index contributed by atoms with van der Waals surface area (Å²) >= 11 is 2.94. The monoisotopic (exact) mass is 398 g/mol. The van der Waals surface area contributed by atoms with Gasteiger partial charge in [0.05, 0.1) is 16.5 Å². The fraction of sp³-hybridized carbons (Fsp3) is 0.263. The van der Waals surface area contributed by atoms with E-state index in [9.17, 15) is 9.59 Å². The van der Waals surface area contributed by atoms with Gasteiger partial charge in [-0.1, -0.05) is 11.8 Å². The average molecular weight is 399 g/mol. The maximum atomic E-state index is 12.3. The van der Waals surface area contributed by atoms with Gasteiger partial charge in [0.1, 0.15) is 11.8 Å². The smallest absolute Gasteiger partial charge is 0.261 e.